The summed E-state index contributed by atoms with van der Waals surface area (Å²) in [5.74, 6) is 0.300. The SMILES string of the molecule is CC(C)[C@H](NC(=O)[C@@H](N)Cc1ccccc1)C(=O)N1CCC2CCN(Cc3ccccc3)CC21. The summed E-state index contributed by atoms with van der Waals surface area (Å²) in [6, 6.07) is 19.2. The normalized spacial score (nSPS) is 22.3. The number of nitrogens with zero attached hydrogens (tertiary/aromatic N) is 2. The number of fused-ring (bicyclic) bond motifs is 1. The second-order valence-electron chi connectivity index (χ2n) is 10.2. The molecule has 2 aromatic rings. The Labute approximate surface area is 203 Å². The molecule has 2 heterocycles. The highest BCUT2D eigenvalue weighted by atomic mass is 16.2. The molecule has 182 valence electrons. The van der Waals surface area contributed by atoms with E-state index < -0.39 is 12.1 Å². The number of benzene rings is 2. The van der Waals surface area contributed by atoms with Crippen molar-refractivity contribution in [2.75, 3.05) is 19.6 Å². The van der Waals surface area contributed by atoms with Crippen LogP contribution in [0.3, 0.4) is 0 Å². The molecule has 3 N–H and O–H groups in total. The topological polar surface area (TPSA) is 78.7 Å². The fraction of sp³-hybridized carbons (Fsp3) is 0.500. The van der Waals surface area contributed by atoms with Gasteiger partial charge in [-0.05, 0) is 48.8 Å². The minimum Gasteiger partial charge on any atom is -0.343 e. The van der Waals surface area contributed by atoms with Gasteiger partial charge in [-0.2, -0.15) is 0 Å². The van der Waals surface area contributed by atoms with Crippen molar-refractivity contribution in [3.05, 3.63) is 71.8 Å². The molecule has 2 fully saturated rings. The Morgan fingerprint density at radius 2 is 1.59 bits per heavy atom. The molecule has 4 atom stereocenters. The monoisotopic (exact) mass is 462 g/mol. The average molecular weight is 463 g/mol. The summed E-state index contributed by atoms with van der Waals surface area (Å²) in [5, 5.41) is 2.99. The van der Waals surface area contributed by atoms with Crippen LogP contribution in [-0.4, -0.2) is 59.4 Å². The molecular formula is C28H38N4O2. The summed E-state index contributed by atoms with van der Waals surface area (Å²) in [5.41, 5.74) is 8.52. The third kappa shape index (κ3) is 5.86. The summed E-state index contributed by atoms with van der Waals surface area (Å²) in [4.78, 5) is 31.1. The third-order valence-electron chi connectivity index (χ3n) is 7.34. The fourth-order valence-electron chi connectivity index (χ4n) is 5.38. The lowest BCUT2D eigenvalue weighted by Gasteiger charge is -2.40. The lowest BCUT2D eigenvalue weighted by molar-refractivity contribution is -0.139. The minimum absolute atomic E-state index is 0.0107. The van der Waals surface area contributed by atoms with Crippen molar-refractivity contribution in [2.24, 2.45) is 17.6 Å². The van der Waals surface area contributed by atoms with Crippen LogP contribution in [0.4, 0.5) is 0 Å². The smallest absolute Gasteiger partial charge is 0.245 e. The van der Waals surface area contributed by atoms with Crippen molar-refractivity contribution in [1.29, 1.82) is 0 Å². The van der Waals surface area contributed by atoms with E-state index in [0.29, 0.717) is 12.3 Å². The molecule has 0 bridgehead atoms. The lowest BCUT2D eigenvalue weighted by Crippen LogP contribution is -2.58. The molecule has 2 aromatic carbocycles. The molecule has 6 heteroatoms. The summed E-state index contributed by atoms with van der Waals surface area (Å²) in [6.07, 6.45) is 2.61. The van der Waals surface area contributed by atoms with Crippen molar-refractivity contribution < 1.29 is 9.59 Å². The number of carbonyl (C=O) groups excluding carboxylic acids is 2. The maximum atomic E-state index is 13.7. The van der Waals surface area contributed by atoms with Crippen LogP contribution in [0.5, 0.6) is 0 Å². The van der Waals surface area contributed by atoms with Crippen molar-refractivity contribution in [3.8, 4) is 0 Å². The Balaban J connectivity index is 1.39. The second-order valence-corrected chi connectivity index (χ2v) is 10.2. The van der Waals surface area contributed by atoms with Crippen LogP contribution in [0.1, 0.15) is 37.8 Å². The van der Waals surface area contributed by atoms with Gasteiger partial charge in [0.05, 0.1) is 6.04 Å². The number of amides is 2. The van der Waals surface area contributed by atoms with E-state index in [1.54, 1.807) is 0 Å². The first-order chi connectivity index (χ1) is 16.4. The second kappa shape index (κ2) is 11.2. The molecule has 0 aromatic heterocycles. The Morgan fingerprint density at radius 1 is 0.971 bits per heavy atom. The highest BCUT2D eigenvalue weighted by Gasteiger charge is 2.43. The Bertz CT molecular complexity index is 949. The van der Waals surface area contributed by atoms with Gasteiger partial charge in [0, 0.05) is 25.7 Å². The first kappa shape index (κ1) is 24.4. The molecule has 0 aliphatic carbocycles. The molecule has 34 heavy (non-hydrogen) atoms. The van der Waals surface area contributed by atoms with Gasteiger partial charge in [0.1, 0.15) is 6.04 Å². The van der Waals surface area contributed by atoms with E-state index in [9.17, 15) is 9.59 Å². The Morgan fingerprint density at radius 3 is 2.24 bits per heavy atom. The largest absolute Gasteiger partial charge is 0.343 e. The molecule has 4 rings (SSSR count). The highest BCUT2D eigenvalue weighted by Crippen LogP contribution is 2.33. The van der Waals surface area contributed by atoms with Gasteiger partial charge in [-0.25, -0.2) is 0 Å². The Hall–Kier alpha value is -2.70. The van der Waals surface area contributed by atoms with Crippen LogP contribution in [0.25, 0.3) is 0 Å². The van der Waals surface area contributed by atoms with Crippen molar-refractivity contribution in [3.63, 3.8) is 0 Å². The van der Waals surface area contributed by atoms with Crippen LogP contribution in [0.15, 0.2) is 60.7 Å². The summed E-state index contributed by atoms with van der Waals surface area (Å²) in [6.45, 7) is 7.60. The van der Waals surface area contributed by atoms with Gasteiger partial charge in [0.2, 0.25) is 11.8 Å². The number of nitrogens with one attached hydrogen (secondary N) is 1. The minimum atomic E-state index is -0.682. The molecule has 2 aliphatic heterocycles. The van der Waals surface area contributed by atoms with Crippen molar-refractivity contribution >= 4 is 11.8 Å². The van der Waals surface area contributed by atoms with Gasteiger partial charge in [-0.1, -0.05) is 74.5 Å². The third-order valence-corrected chi connectivity index (χ3v) is 7.34. The van der Waals surface area contributed by atoms with E-state index in [1.165, 1.54) is 5.56 Å². The molecule has 0 radical (unpaired) electrons. The Kier molecular flexibility index (Phi) is 8.01. The first-order valence-corrected chi connectivity index (χ1v) is 12.6. The van der Waals surface area contributed by atoms with Gasteiger partial charge in [-0.15, -0.1) is 0 Å². The zero-order valence-corrected chi connectivity index (χ0v) is 20.4. The van der Waals surface area contributed by atoms with E-state index in [1.807, 2.05) is 55.1 Å². The lowest BCUT2D eigenvalue weighted by atomic mass is 9.91. The van der Waals surface area contributed by atoms with Gasteiger partial charge in [0.15, 0.2) is 0 Å². The average Bonchev–Trinajstić information content (AvgIpc) is 3.26. The van der Waals surface area contributed by atoms with E-state index in [4.69, 9.17) is 5.73 Å². The quantitative estimate of drug-likeness (QED) is 0.632. The number of piperidine rings is 1. The first-order valence-electron chi connectivity index (χ1n) is 12.6. The molecular weight excluding hydrogens is 424 g/mol. The number of rotatable bonds is 8. The maximum Gasteiger partial charge on any atom is 0.245 e. The zero-order valence-electron chi connectivity index (χ0n) is 20.4. The predicted molar refractivity (Wildman–Crippen MR) is 135 cm³/mol. The standard InChI is InChI=1S/C28H38N4O2/c1-20(2)26(30-27(33)24(29)17-21-9-5-3-6-10-21)28(34)32-16-14-23-13-15-31(19-25(23)32)18-22-11-7-4-8-12-22/h3-12,20,23-26H,13-19,29H2,1-2H3,(H,30,33)/t23?,24-,25?,26-/m0/s1. The molecule has 2 saturated heterocycles. The van der Waals surface area contributed by atoms with Gasteiger partial charge in [0.25, 0.3) is 0 Å². The number of carbonyl (C=O) groups is 2. The van der Waals surface area contributed by atoms with Crippen molar-refractivity contribution in [2.45, 2.75) is 57.8 Å². The van der Waals surface area contributed by atoms with Gasteiger partial charge < -0.3 is 16.0 Å². The van der Waals surface area contributed by atoms with E-state index in [0.717, 1.165) is 44.6 Å². The molecule has 2 unspecified atom stereocenters. The number of hydrogen-bond acceptors (Lipinski definition) is 4. The van der Waals surface area contributed by atoms with Crippen LogP contribution in [0, 0.1) is 11.8 Å². The van der Waals surface area contributed by atoms with Gasteiger partial charge in [-0.3, -0.25) is 14.5 Å². The number of hydrogen-bond donors (Lipinski definition) is 2. The summed E-state index contributed by atoms with van der Waals surface area (Å²) in [7, 11) is 0. The van der Waals surface area contributed by atoms with E-state index >= 15 is 0 Å². The molecule has 2 aliphatic rings. The summed E-state index contributed by atoms with van der Waals surface area (Å²) >= 11 is 0. The van der Waals surface area contributed by atoms with E-state index in [2.05, 4.69) is 34.5 Å². The molecule has 0 saturated carbocycles. The predicted octanol–water partition coefficient (Wildman–Crippen LogP) is 2.82. The van der Waals surface area contributed by atoms with Crippen LogP contribution >= 0.6 is 0 Å². The van der Waals surface area contributed by atoms with Crippen molar-refractivity contribution in [1.82, 2.24) is 15.1 Å². The maximum absolute atomic E-state index is 13.7. The fourth-order valence-corrected chi connectivity index (χ4v) is 5.38. The highest BCUT2D eigenvalue weighted by molar-refractivity contribution is 5.90. The number of likely N-dealkylation sites (tertiary alicyclic amines) is 2. The molecule has 2 amide bonds. The van der Waals surface area contributed by atoms with Crippen LogP contribution in [0.2, 0.25) is 0 Å². The van der Waals surface area contributed by atoms with Gasteiger partial charge >= 0.3 is 0 Å². The zero-order chi connectivity index (χ0) is 24.1. The van der Waals surface area contributed by atoms with Crippen LogP contribution < -0.4 is 11.1 Å². The molecule has 6 nitrogen and oxygen atoms in total. The van der Waals surface area contributed by atoms with Crippen LogP contribution in [-0.2, 0) is 22.6 Å². The molecule has 0 spiro atoms. The van der Waals surface area contributed by atoms with E-state index in [-0.39, 0.29) is 23.8 Å². The summed E-state index contributed by atoms with van der Waals surface area (Å²) < 4.78 is 0. The number of nitrogens with two attached hydrogens (primary N) is 1.